The van der Waals surface area contributed by atoms with Crippen LogP contribution in [-0.4, -0.2) is 79.0 Å². The maximum atomic E-state index is 15.3. The molecule has 246 valence electrons. The summed E-state index contributed by atoms with van der Waals surface area (Å²) in [6, 6.07) is 9.94. The monoisotopic (exact) mass is 664 g/mol. The molecule has 3 aliphatic heterocycles. The van der Waals surface area contributed by atoms with E-state index in [1.54, 1.807) is 34.6 Å². The second kappa shape index (κ2) is 13.9. The van der Waals surface area contributed by atoms with Crippen LogP contribution in [0, 0.1) is 11.7 Å². The van der Waals surface area contributed by atoms with Crippen LogP contribution in [-0.2, 0) is 26.0 Å². The molecule has 5 rings (SSSR count). The molecule has 45 heavy (non-hydrogen) atoms. The number of hydrogen-bond donors (Lipinski definition) is 4. The van der Waals surface area contributed by atoms with Gasteiger partial charge >= 0.3 is 6.09 Å². The number of nitrogens with zero attached hydrogens (tertiary/aromatic N) is 1. The number of carbonyl (C=O) groups is 2. The van der Waals surface area contributed by atoms with Crippen LogP contribution in [0.2, 0.25) is 5.02 Å². The molecule has 10 nitrogen and oxygen atoms in total. The Morgan fingerprint density at radius 1 is 1.20 bits per heavy atom. The number of piperazine rings is 1. The summed E-state index contributed by atoms with van der Waals surface area (Å²) < 4.78 is 48.7. The van der Waals surface area contributed by atoms with Crippen LogP contribution in [0.15, 0.2) is 42.5 Å². The van der Waals surface area contributed by atoms with Crippen molar-refractivity contribution in [3.8, 4) is 0 Å². The third-order valence-corrected chi connectivity index (χ3v) is 11.5. The highest BCUT2D eigenvalue weighted by Gasteiger charge is 2.42. The number of nitrogens with one attached hydrogen (secondary N) is 3. The summed E-state index contributed by atoms with van der Waals surface area (Å²) >= 11 is 6.17. The van der Waals surface area contributed by atoms with Crippen molar-refractivity contribution in [3.05, 3.63) is 64.4 Å². The summed E-state index contributed by atoms with van der Waals surface area (Å²) in [5.74, 6) is -1.72. The zero-order chi connectivity index (χ0) is 32.4. The lowest BCUT2D eigenvalue weighted by Gasteiger charge is -2.41. The molecule has 0 radical (unpaired) electrons. The third-order valence-electron chi connectivity index (χ3n) is 9.28. The van der Waals surface area contributed by atoms with Crippen molar-refractivity contribution >= 4 is 39.3 Å². The highest BCUT2D eigenvalue weighted by molar-refractivity contribution is 7.89. The Morgan fingerprint density at radius 2 is 1.96 bits per heavy atom. The minimum Gasteiger partial charge on any atom is -0.465 e. The van der Waals surface area contributed by atoms with Gasteiger partial charge in [-0.15, -0.1) is 0 Å². The Labute approximate surface area is 269 Å². The minimum absolute atomic E-state index is 0.0970. The number of carbonyl (C=O) groups excluding carboxylic acids is 1. The van der Waals surface area contributed by atoms with Gasteiger partial charge in [0.1, 0.15) is 11.9 Å². The van der Waals surface area contributed by atoms with Gasteiger partial charge in [-0.05, 0) is 88.1 Å². The van der Waals surface area contributed by atoms with Crippen molar-refractivity contribution in [2.24, 2.45) is 5.92 Å². The molecule has 3 aliphatic rings. The third kappa shape index (κ3) is 8.15. The van der Waals surface area contributed by atoms with Gasteiger partial charge in [-0.1, -0.05) is 29.8 Å². The van der Waals surface area contributed by atoms with Gasteiger partial charge < -0.3 is 25.8 Å². The van der Waals surface area contributed by atoms with Gasteiger partial charge in [0.15, 0.2) is 0 Å². The van der Waals surface area contributed by atoms with Gasteiger partial charge in [-0.2, -0.15) is 4.31 Å². The predicted molar refractivity (Wildman–Crippen MR) is 171 cm³/mol. The van der Waals surface area contributed by atoms with Crippen LogP contribution in [0.4, 0.5) is 14.9 Å². The fourth-order valence-electron chi connectivity index (χ4n) is 7.15. The molecule has 3 fully saturated rings. The van der Waals surface area contributed by atoms with Crippen molar-refractivity contribution in [1.82, 2.24) is 14.9 Å². The van der Waals surface area contributed by atoms with Crippen molar-refractivity contribution < 1.29 is 32.2 Å². The first-order chi connectivity index (χ1) is 21.3. The number of amides is 2. The SMILES string of the molecule is CC1(C)C[C@@H](C(c2ccc(Cl)cc2)C(NC(=O)O)C(=O)Nc2cccc(F)c2CC[C@H]2CNC3CCCS(=O)(=O)N2C3)CCO1. The van der Waals surface area contributed by atoms with E-state index in [9.17, 15) is 23.1 Å². The molecule has 4 N–H and O–H groups in total. The highest BCUT2D eigenvalue weighted by Crippen LogP contribution is 2.41. The normalized spacial score (nSPS) is 27.0. The minimum atomic E-state index is -3.42. The molecule has 6 atom stereocenters. The van der Waals surface area contributed by atoms with Gasteiger partial charge in [-0.3, -0.25) is 4.79 Å². The first kappa shape index (κ1) is 33.6. The number of sulfonamides is 1. The van der Waals surface area contributed by atoms with Crippen LogP contribution < -0.4 is 16.0 Å². The molecule has 2 bridgehead atoms. The molecule has 0 saturated carbocycles. The summed E-state index contributed by atoms with van der Waals surface area (Å²) in [7, 11) is -3.42. The molecular weight excluding hydrogens is 623 g/mol. The molecule has 3 saturated heterocycles. The number of ether oxygens (including phenoxy) is 1. The van der Waals surface area contributed by atoms with Crippen molar-refractivity contribution in [3.63, 3.8) is 0 Å². The zero-order valence-corrected chi connectivity index (χ0v) is 27.2. The number of halogens is 2. The van der Waals surface area contributed by atoms with Gasteiger partial charge in [0.05, 0.1) is 11.4 Å². The van der Waals surface area contributed by atoms with Crippen LogP contribution >= 0.6 is 11.6 Å². The molecule has 2 aromatic carbocycles. The van der Waals surface area contributed by atoms with Crippen LogP contribution in [0.5, 0.6) is 0 Å². The number of fused-ring (bicyclic) bond motifs is 2. The fourth-order valence-corrected chi connectivity index (χ4v) is 9.09. The summed E-state index contributed by atoms with van der Waals surface area (Å²) in [5.41, 5.74) is 0.740. The fraction of sp³-hybridized carbons (Fsp3) is 0.562. The Balaban J connectivity index is 1.41. The van der Waals surface area contributed by atoms with E-state index in [0.717, 1.165) is 12.0 Å². The predicted octanol–water partition coefficient (Wildman–Crippen LogP) is 4.74. The molecule has 2 aromatic rings. The van der Waals surface area contributed by atoms with E-state index in [0.29, 0.717) is 50.4 Å². The van der Waals surface area contributed by atoms with Gasteiger partial charge in [-0.25, -0.2) is 17.6 Å². The van der Waals surface area contributed by atoms with Crippen LogP contribution in [0.25, 0.3) is 0 Å². The summed E-state index contributed by atoms with van der Waals surface area (Å²) in [5, 5.41) is 19.1. The molecule has 2 amide bonds. The highest BCUT2D eigenvalue weighted by atomic mass is 35.5. The molecule has 0 aliphatic carbocycles. The standard InChI is InChI=1S/C32H42ClFN4O6S/c1-32(2)17-21(14-15-44-32)28(20-8-10-22(33)11-9-20)29(37-31(40)41)30(39)36-27-7-3-6-26(34)25(27)13-12-24-18-35-23-5-4-16-45(42,43)38(24)19-23/h3,6-11,21,23-24,28-29,35,37H,4-5,12-19H2,1-2H3,(H,36,39)(H,40,41)/t21-,23?,24-,28?,29?/m0/s1. The second-order valence-corrected chi connectivity index (χ2v) is 15.4. The summed E-state index contributed by atoms with van der Waals surface area (Å²) in [4.78, 5) is 26.1. The van der Waals surface area contributed by atoms with E-state index in [1.165, 1.54) is 12.1 Å². The van der Waals surface area contributed by atoms with Crippen molar-refractivity contribution in [2.75, 3.05) is 30.8 Å². The Kier molecular flexibility index (Phi) is 10.4. The quantitative estimate of drug-likeness (QED) is 0.304. The lowest BCUT2D eigenvalue weighted by Crippen LogP contribution is -2.57. The maximum Gasteiger partial charge on any atom is 0.405 e. The zero-order valence-electron chi connectivity index (χ0n) is 25.6. The molecule has 0 spiro atoms. The van der Waals surface area contributed by atoms with E-state index in [2.05, 4.69) is 16.0 Å². The van der Waals surface area contributed by atoms with Gasteiger partial charge in [0, 0.05) is 54.0 Å². The van der Waals surface area contributed by atoms with Gasteiger partial charge in [0.25, 0.3) is 0 Å². The number of rotatable bonds is 9. The smallest absolute Gasteiger partial charge is 0.405 e. The maximum absolute atomic E-state index is 15.3. The molecular formula is C32H42ClFN4O6S. The van der Waals surface area contributed by atoms with Crippen molar-refractivity contribution in [1.29, 1.82) is 0 Å². The number of benzene rings is 2. The van der Waals surface area contributed by atoms with E-state index in [-0.39, 0.29) is 41.4 Å². The average molecular weight is 665 g/mol. The largest absolute Gasteiger partial charge is 0.465 e. The Bertz CT molecular complexity index is 1490. The molecule has 0 aromatic heterocycles. The molecule has 13 heteroatoms. The van der Waals surface area contributed by atoms with Gasteiger partial charge in [0.2, 0.25) is 15.9 Å². The lowest BCUT2D eigenvalue weighted by atomic mass is 9.73. The summed E-state index contributed by atoms with van der Waals surface area (Å²) in [6.07, 6.45) is 1.76. The van der Waals surface area contributed by atoms with E-state index >= 15 is 4.39 Å². The Morgan fingerprint density at radius 3 is 2.67 bits per heavy atom. The number of carboxylic acid groups (broad SMARTS) is 1. The number of hydrogen-bond acceptors (Lipinski definition) is 6. The lowest BCUT2D eigenvalue weighted by molar-refractivity contribution is -0.120. The molecule has 4 unspecified atom stereocenters. The van der Waals surface area contributed by atoms with E-state index in [1.807, 2.05) is 13.8 Å². The Hall–Kier alpha value is -2.77. The van der Waals surface area contributed by atoms with E-state index in [4.69, 9.17) is 16.3 Å². The van der Waals surface area contributed by atoms with Crippen molar-refractivity contribution in [2.45, 2.75) is 82.0 Å². The van der Waals surface area contributed by atoms with Crippen LogP contribution in [0.1, 0.15) is 63.0 Å². The topological polar surface area (TPSA) is 137 Å². The first-order valence-corrected chi connectivity index (χ1v) is 17.5. The first-order valence-electron chi connectivity index (χ1n) is 15.5. The average Bonchev–Trinajstić information content (AvgIpc) is 3.08. The number of anilines is 1. The summed E-state index contributed by atoms with van der Waals surface area (Å²) in [6.45, 7) is 5.26. The second-order valence-electron chi connectivity index (χ2n) is 12.9. The van der Waals surface area contributed by atoms with Crippen LogP contribution in [0.3, 0.4) is 0 Å². The van der Waals surface area contributed by atoms with E-state index < -0.39 is 45.4 Å². The molecule has 3 heterocycles.